The van der Waals surface area contributed by atoms with Crippen molar-refractivity contribution in [1.29, 1.82) is 0 Å². The van der Waals surface area contributed by atoms with E-state index in [4.69, 9.17) is 11.6 Å². The predicted octanol–water partition coefficient (Wildman–Crippen LogP) is 2.55. The first-order valence-electron chi connectivity index (χ1n) is 4.29. The lowest BCUT2D eigenvalue weighted by Gasteiger charge is -2.24. The van der Waals surface area contributed by atoms with Crippen molar-refractivity contribution in [1.82, 2.24) is 5.32 Å². The van der Waals surface area contributed by atoms with Gasteiger partial charge in [0.25, 0.3) is 0 Å². The third kappa shape index (κ3) is 1.23. The lowest BCUT2D eigenvalue weighted by atomic mass is 9.95. The zero-order valence-electron chi connectivity index (χ0n) is 7.10. The third-order valence-electron chi connectivity index (χ3n) is 2.45. The molecule has 0 radical (unpaired) electrons. The molecule has 1 aromatic carbocycles. The van der Waals surface area contributed by atoms with E-state index >= 15 is 0 Å². The molecule has 64 valence electrons. The third-order valence-corrected chi connectivity index (χ3v) is 2.80. The quantitative estimate of drug-likeness (QED) is 0.649. The minimum atomic E-state index is 0.451. The van der Waals surface area contributed by atoms with Crippen LogP contribution in [-0.2, 0) is 6.42 Å². The number of benzene rings is 1. The summed E-state index contributed by atoms with van der Waals surface area (Å²) in [6.07, 6.45) is 1.05. The maximum absolute atomic E-state index is 6.08. The van der Waals surface area contributed by atoms with E-state index in [0.29, 0.717) is 6.04 Å². The highest BCUT2D eigenvalue weighted by molar-refractivity contribution is 6.31. The van der Waals surface area contributed by atoms with Crippen molar-refractivity contribution in [2.24, 2.45) is 0 Å². The van der Waals surface area contributed by atoms with Gasteiger partial charge in [0.05, 0.1) is 0 Å². The SMILES string of the molecule is C[C@@H]1NCCc2c(Cl)cccc21. The molecular weight excluding hydrogens is 170 g/mol. The van der Waals surface area contributed by atoms with Crippen LogP contribution in [0.3, 0.4) is 0 Å². The minimum Gasteiger partial charge on any atom is -0.310 e. The summed E-state index contributed by atoms with van der Waals surface area (Å²) in [5, 5.41) is 4.32. The average molecular weight is 182 g/mol. The monoisotopic (exact) mass is 181 g/mol. The first-order chi connectivity index (χ1) is 5.79. The summed E-state index contributed by atoms with van der Waals surface area (Å²) in [7, 11) is 0. The molecule has 0 saturated carbocycles. The molecular formula is C10H12ClN. The number of hydrogen-bond acceptors (Lipinski definition) is 1. The summed E-state index contributed by atoms with van der Waals surface area (Å²) in [6.45, 7) is 3.21. The predicted molar refractivity (Wildman–Crippen MR) is 51.6 cm³/mol. The number of hydrogen-bond donors (Lipinski definition) is 1. The number of fused-ring (bicyclic) bond motifs is 1. The van der Waals surface area contributed by atoms with Crippen LogP contribution in [0.4, 0.5) is 0 Å². The lowest BCUT2D eigenvalue weighted by Crippen LogP contribution is -2.27. The van der Waals surface area contributed by atoms with Gasteiger partial charge in [0.2, 0.25) is 0 Å². The fourth-order valence-electron chi connectivity index (χ4n) is 1.77. The van der Waals surface area contributed by atoms with Gasteiger partial charge in [-0.2, -0.15) is 0 Å². The van der Waals surface area contributed by atoms with Crippen molar-refractivity contribution in [2.75, 3.05) is 6.54 Å². The highest BCUT2D eigenvalue weighted by Gasteiger charge is 2.16. The molecule has 1 N–H and O–H groups in total. The topological polar surface area (TPSA) is 12.0 Å². The Morgan fingerprint density at radius 3 is 3.08 bits per heavy atom. The minimum absolute atomic E-state index is 0.451. The molecule has 0 amide bonds. The molecule has 0 aromatic heterocycles. The van der Waals surface area contributed by atoms with Crippen molar-refractivity contribution in [3.63, 3.8) is 0 Å². The van der Waals surface area contributed by atoms with Crippen LogP contribution < -0.4 is 5.32 Å². The van der Waals surface area contributed by atoms with Gasteiger partial charge in [-0.25, -0.2) is 0 Å². The Kier molecular flexibility index (Phi) is 2.07. The highest BCUT2D eigenvalue weighted by Crippen LogP contribution is 2.27. The van der Waals surface area contributed by atoms with Crippen LogP contribution in [0.2, 0.25) is 5.02 Å². The van der Waals surface area contributed by atoms with E-state index < -0.39 is 0 Å². The van der Waals surface area contributed by atoms with E-state index in [1.165, 1.54) is 11.1 Å². The summed E-state index contributed by atoms with van der Waals surface area (Å²) in [5.41, 5.74) is 2.68. The highest BCUT2D eigenvalue weighted by atomic mass is 35.5. The van der Waals surface area contributed by atoms with E-state index in [-0.39, 0.29) is 0 Å². The second-order valence-corrected chi connectivity index (χ2v) is 3.64. The van der Waals surface area contributed by atoms with Crippen LogP contribution in [0, 0.1) is 0 Å². The molecule has 1 nitrogen and oxygen atoms in total. The van der Waals surface area contributed by atoms with E-state index in [2.05, 4.69) is 18.3 Å². The Morgan fingerprint density at radius 1 is 1.50 bits per heavy atom. The van der Waals surface area contributed by atoms with Gasteiger partial charge in [-0.1, -0.05) is 23.7 Å². The van der Waals surface area contributed by atoms with E-state index in [9.17, 15) is 0 Å². The van der Waals surface area contributed by atoms with Crippen LogP contribution in [0.1, 0.15) is 24.1 Å². The molecule has 0 spiro atoms. The van der Waals surface area contributed by atoms with Crippen LogP contribution in [0.15, 0.2) is 18.2 Å². The van der Waals surface area contributed by atoms with Crippen molar-refractivity contribution in [3.05, 3.63) is 34.3 Å². The number of nitrogens with one attached hydrogen (secondary N) is 1. The molecule has 0 unspecified atom stereocenters. The molecule has 0 bridgehead atoms. The lowest BCUT2D eigenvalue weighted by molar-refractivity contribution is 0.541. The summed E-state index contributed by atoms with van der Waals surface area (Å²) < 4.78 is 0. The normalized spacial score (nSPS) is 22.0. The van der Waals surface area contributed by atoms with Gasteiger partial charge in [-0.3, -0.25) is 0 Å². The van der Waals surface area contributed by atoms with Crippen molar-refractivity contribution >= 4 is 11.6 Å². The number of rotatable bonds is 0. The maximum Gasteiger partial charge on any atom is 0.0441 e. The Bertz CT molecular complexity index is 296. The molecule has 1 heterocycles. The van der Waals surface area contributed by atoms with Gasteiger partial charge in [-0.05, 0) is 37.1 Å². The second kappa shape index (κ2) is 3.08. The fraction of sp³-hybridized carbons (Fsp3) is 0.400. The van der Waals surface area contributed by atoms with Crippen molar-refractivity contribution in [2.45, 2.75) is 19.4 Å². The van der Waals surface area contributed by atoms with Crippen LogP contribution in [-0.4, -0.2) is 6.54 Å². The van der Waals surface area contributed by atoms with E-state index in [1.54, 1.807) is 0 Å². The largest absolute Gasteiger partial charge is 0.310 e. The summed E-state index contributed by atoms with van der Waals surface area (Å²) in [4.78, 5) is 0. The van der Waals surface area contributed by atoms with Crippen molar-refractivity contribution < 1.29 is 0 Å². The van der Waals surface area contributed by atoms with Crippen molar-refractivity contribution in [3.8, 4) is 0 Å². The van der Waals surface area contributed by atoms with Gasteiger partial charge in [0.15, 0.2) is 0 Å². The molecule has 1 atom stereocenters. The molecule has 0 saturated heterocycles. The Labute approximate surface area is 77.7 Å². The Hall–Kier alpha value is -0.530. The summed E-state index contributed by atoms with van der Waals surface area (Å²) in [5.74, 6) is 0. The smallest absolute Gasteiger partial charge is 0.0441 e. The molecule has 2 rings (SSSR count). The van der Waals surface area contributed by atoms with Gasteiger partial charge in [0.1, 0.15) is 0 Å². The van der Waals surface area contributed by atoms with Crippen LogP contribution >= 0.6 is 11.6 Å². The molecule has 0 fully saturated rings. The molecule has 12 heavy (non-hydrogen) atoms. The first-order valence-corrected chi connectivity index (χ1v) is 4.67. The number of halogens is 1. The zero-order valence-corrected chi connectivity index (χ0v) is 7.86. The van der Waals surface area contributed by atoms with Gasteiger partial charge >= 0.3 is 0 Å². The Balaban J connectivity index is 2.52. The molecule has 1 aliphatic rings. The molecule has 0 aliphatic carbocycles. The van der Waals surface area contributed by atoms with E-state index in [1.807, 2.05) is 12.1 Å². The molecule has 1 aromatic rings. The first kappa shape index (κ1) is 8.09. The van der Waals surface area contributed by atoms with Crippen LogP contribution in [0.5, 0.6) is 0 Å². The Morgan fingerprint density at radius 2 is 2.33 bits per heavy atom. The maximum atomic E-state index is 6.08. The van der Waals surface area contributed by atoms with Gasteiger partial charge in [-0.15, -0.1) is 0 Å². The van der Waals surface area contributed by atoms with Crippen LogP contribution in [0.25, 0.3) is 0 Å². The van der Waals surface area contributed by atoms with Gasteiger partial charge < -0.3 is 5.32 Å². The molecule has 2 heteroatoms. The molecule has 1 aliphatic heterocycles. The van der Waals surface area contributed by atoms with E-state index in [0.717, 1.165) is 18.0 Å². The second-order valence-electron chi connectivity index (χ2n) is 3.23. The average Bonchev–Trinajstić information content (AvgIpc) is 2.07. The summed E-state index contributed by atoms with van der Waals surface area (Å²) >= 11 is 6.08. The van der Waals surface area contributed by atoms with Gasteiger partial charge in [0, 0.05) is 11.1 Å². The standard InChI is InChI=1S/C10H12ClN/c1-7-8-3-2-4-10(11)9(8)5-6-12-7/h2-4,7,12H,5-6H2,1H3/t7-/m0/s1. The summed E-state index contributed by atoms with van der Waals surface area (Å²) in [6, 6.07) is 6.59. The fourth-order valence-corrected chi connectivity index (χ4v) is 2.04. The zero-order chi connectivity index (χ0) is 8.55.